The quantitative estimate of drug-likeness (QED) is 0.702. The Morgan fingerprint density at radius 3 is 2.63 bits per heavy atom. The summed E-state index contributed by atoms with van der Waals surface area (Å²) in [6, 6.07) is -0.734. The Morgan fingerprint density at radius 2 is 2.05 bits per heavy atom. The van der Waals surface area contributed by atoms with E-state index in [1.165, 1.54) is 25.7 Å². The highest BCUT2D eigenvalue weighted by Crippen LogP contribution is 2.47. The maximum absolute atomic E-state index is 11.8. The van der Waals surface area contributed by atoms with E-state index in [1.807, 2.05) is 13.8 Å². The minimum Gasteiger partial charge on any atom is -0.338 e. The van der Waals surface area contributed by atoms with Gasteiger partial charge in [-0.05, 0) is 57.4 Å². The zero-order valence-electron chi connectivity index (χ0n) is 11.9. The van der Waals surface area contributed by atoms with Gasteiger partial charge in [0.1, 0.15) is 0 Å². The third kappa shape index (κ3) is 3.69. The molecule has 4 unspecified atom stereocenters. The van der Waals surface area contributed by atoms with Crippen LogP contribution >= 0.6 is 0 Å². The molecule has 0 spiro atoms. The molecule has 3 amide bonds. The van der Waals surface area contributed by atoms with E-state index in [1.54, 1.807) is 0 Å². The topological polar surface area (TPSA) is 70.2 Å². The Morgan fingerprint density at radius 1 is 1.26 bits per heavy atom. The zero-order valence-corrected chi connectivity index (χ0v) is 11.9. The number of imide groups is 1. The number of urea groups is 1. The Bertz CT molecular complexity index is 346. The second-order valence-corrected chi connectivity index (χ2v) is 5.91. The zero-order chi connectivity index (χ0) is 13.8. The maximum atomic E-state index is 11.8. The van der Waals surface area contributed by atoms with Gasteiger partial charge in [0.25, 0.3) is 0 Å². The standard InChI is InChI=1S/C14H25N3O2/c1-3-15-14(19)17-13(18)9(2)16-8-12-7-10-4-5-11(12)6-10/h9-12,16H,3-8H2,1-2H3,(H2,15,17,18,19). The summed E-state index contributed by atoms with van der Waals surface area (Å²) < 4.78 is 0. The van der Waals surface area contributed by atoms with Crippen LogP contribution in [-0.4, -0.2) is 31.1 Å². The number of fused-ring (bicyclic) bond motifs is 2. The third-order valence-corrected chi connectivity index (χ3v) is 4.54. The Hall–Kier alpha value is -1.10. The van der Waals surface area contributed by atoms with Gasteiger partial charge in [-0.25, -0.2) is 4.79 Å². The van der Waals surface area contributed by atoms with E-state index in [9.17, 15) is 9.59 Å². The van der Waals surface area contributed by atoms with Crippen LogP contribution in [0.3, 0.4) is 0 Å². The van der Waals surface area contributed by atoms with Crippen LogP contribution in [0.1, 0.15) is 39.5 Å². The maximum Gasteiger partial charge on any atom is 0.321 e. The molecule has 5 nitrogen and oxygen atoms in total. The largest absolute Gasteiger partial charge is 0.338 e. The van der Waals surface area contributed by atoms with Gasteiger partial charge in [0.2, 0.25) is 5.91 Å². The summed E-state index contributed by atoms with van der Waals surface area (Å²) in [6.07, 6.45) is 5.44. The fourth-order valence-corrected chi connectivity index (χ4v) is 3.47. The molecule has 0 aromatic heterocycles. The van der Waals surface area contributed by atoms with Crippen molar-refractivity contribution in [3.63, 3.8) is 0 Å². The number of carbonyl (C=O) groups is 2. The van der Waals surface area contributed by atoms with Crippen LogP contribution in [0, 0.1) is 17.8 Å². The molecule has 2 fully saturated rings. The van der Waals surface area contributed by atoms with E-state index in [0.29, 0.717) is 6.54 Å². The summed E-state index contributed by atoms with van der Waals surface area (Å²) in [6.45, 7) is 5.04. The van der Waals surface area contributed by atoms with Crippen LogP contribution < -0.4 is 16.0 Å². The van der Waals surface area contributed by atoms with Crippen LogP contribution in [0.25, 0.3) is 0 Å². The van der Waals surface area contributed by atoms with Crippen molar-refractivity contribution >= 4 is 11.9 Å². The first-order valence-electron chi connectivity index (χ1n) is 7.42. The number of hydrogen-bond acceptors (Lipinski definition) is 3. The summed E-state index contributed by atoms with van der Waals surface area (Å²) in [4.78, 5) is 23.0. The van der Waals surface area contributed by atoms with E-state index in [2.05, 4.69) is 16.0 Å². The van der Waals surface area contributed by atoms with Crippen molar-refractivity contribution in [2.45, 2.75) is 45.6 Å². The van der Waals surface area contributed by atoms with E-state index >= 15 is 0 Å². The molecule has 0 saturated heterocycles. The van der Waals surface area contributed by atoms with Crippen molar-refractivity contribution in [2.24, 2.45) is 17.8 Å². The first kappa shape index (κ1) is 14.3. The predicted octanol–water partition coefficient (Wildman–Crippen LogP) is 1.25. The van der Waals surface area contributed by atoms with E-state index in [-0.39, 0.29) is 11.9 Å². The van der Waals surface area contributed by atoms with Gasteiger partial charge in [0.05, 0.1) is 6.04 Å². The predicted molar refractivity (Wildman–Crippen MR) is 73.6 cm³/mol. The lowest BCUT2D eigenvalue weighted by atomic mass is 9.89. The molecule has 4 atom stereocenters. The Balaban J connectivity index is 1.67. The van der Waals surface area contributed by atoms with Crippen molar-refractivity contribution in [3.8, 4) is 0 Å². The lowest BCUT2D eigenvalue weighted by Crippen LogP contribution is -2.49. The SMILES string of the molecule is CCNC(=O)NC(=O)C(C)NCC1CC2CCC1C2. The monoisotopic (exact) mass is 267 g/mol. The number of rotatable bonds is 5. The van der Waals surface area contributed by atoms with Gasteiger partial charge in [0.15, 0.2) is 0 Å². The van der Waals surface area contributed by atoms with Crippen molar-refractivity contribution in [1.82, 2.24) is 16.0 Å². The van der Waals surface area contributed by atoms with Crippen LogP contribution in [0.2, 0.25) is 0 Å². The molecule has 2 aliphatic carbocycles. The van der Waals surface area contributed by atoms with Crippen LogP contribution in [0.4, 0.5) is 4.79 Å². The molecule has 0 heterocycles. The average Bonchev–Trinajstić information content (AvgIpc) is 2.98. The average molecular weight is 267 g/mol. The van der Waals surface area contributed by atoms with Crippen molar-refractivity contribution in [3.05, 3.63) is 0 Å². The highest BCUT2D eigenvalue weighted by atomic mass is 16.2. The summed E-state index contributed by atoms with van der Waals surface area (Å²) in [5.41, 5.74) is 0. The number of carbonyl (C=O) groups excluding carboxylic acids is 2. The van der Waals surface area contributed by atoms with Crippen LogP contribution in [0.15, 0.2) is 0 Å². The third-order valence-electron chi connectivity index (χ3n) is 4.54. The lowest BCUT2D eigenvalue weighted by molar-refractivity contribution is -0.121. The molecule has 2 rings (SSSR count). The van der Waals surface area contributed by atoms with E-state index in [4.69, 9.17) is 0 Å². The molecule has 19 heavy (non-hydrogen) atoms. The van der Waals surface area contributed by atoms with Gasteiger partial charge in [-0.1, -0.05) is 6.42 Å². The molecule has 0 aromatic carbocycles. The fraction of sp³-hybridized carbons (Fsp3) is 0.857. The van der Waals surface area contributed by atoms with Gasteiger partial charge < -0.3 is 10.6 Å². The smallest absolute Gasteiger partial charge is 0.321 e. The minimum absolute atomic E-state index is 0.255. The molecule has 5 heteroatoms. The fourth-order valence-electron chi connectivity index (χ4n) is 3.47. The molecular weight excluding hydrogens is 242 g/mol. The number of hydrogen-bond donors (Lipinski definition) is 3. The van der Waals surface area contributed by atoms with Gasteiger partial charge in [-0.3, -0.25) is 10.1 Å². The molecule has 0 aliphatic heterocycles. The highest BCUT2D eigenvalue weighted by molar-refractivity contribution is 5.96. The molecule has 2 saturated carbocycles. The number of amides is 3. The normalized spacial score (nSPS) is 30.1. The molecule has 108 valence electrons. The van der Waals surface area contributed by atoms with Crippen molar-refractivity contribution in [2.75, 3.05) is 13.1 Å². The highest BCUT2D eigenvalue weighted by Gasteiger charge is 2.39. The molecule has 2 bridgehead atoms. The summed E-state index contributed by atoms with van der Waals surface area (Å²) in [7, 11) is 0. The molecule has 3 N–H and O–H groups in total. The molecular formula is C14H25N3O2. The van der Waals surface area contributed by atoms with Crippen LogP contribution in [-0.2, 0) is 4.79 Å². The Labute approximate surface area is 114 Å². The van der Waals surface area contributed by atoms with Gasteiger partial charge in [-0.2, -0.15) is 0 Å². The number of nitrogens with one attached hydrogen (secondary N) is 3. The first-order chi connectivity index (χ1) is 9.10. The van der Waals surface area contributed by atoms with E-state index in [0.717, 1.165) is 24.3 Å². The van der Waals surface area contributed by atoms with Crippen LogP contribution in [0.5, 0.6) is 0 Å². The van der Waals surface area contributed by atoms with Crippen molar-refractivity contribution < 1.29 is 9.59 Å². The molecule has 0 radical (unpaired) electrons. The second kappa shape index (κ2) is 6.37. The summed E-state index contributed by atoms with van der Waals surface area (Å²) in [5, 5.41) is 8.15. The molecule has 2 aliphatic rings. The van der Waals surface area contributed by atoms with Gasteiger partial charge in [0, 0.05) is 6.54 Å². The van der Waals surface area contributed by atoms with E-state index < -0.39 is 6.03 Å². The first-order valence-corrected chi connectivity index (χ1v) is 7.42. The van der Waals surface area contributed by atoms with Gasteiger partial charge in [-0.15, -0.1) is 0 Å². The Kier molecular flexibility index (Phi) is 4.80. The molecule has 0 aromatic rings. The lowest BCUT2D eigenvalue weighted by Gasteiger charge is -2.23. The summed E-state index contributed by atoms with van der Waals surface area (Å²) in [5.74, 6) is 2.25. The second-order valence-electron chi connectivity index (χ2n) is 5.91. The van der Waals surface area contributed by atoms with Crippen molar-refractivity contribution in [1.29, 1.82) is 0 Å². The van der Waals surface area contributed by atoms with Gasteiger partial charge >= 0.3 is 6.03 Å². The minimum atomic E-state index is -0.416. The summed E-state index contributed by atoms with van der Waals surface area (Å²) >= 11 is 0.